The predicted molar refractivity (Wildman–Crippen MR) is 101 cm³/mol. The number of hydrogen-bond acceptors (Lipinski definition) is 5. The number of fused-ring (bicyclic) bond motifs is 2. The van der Waals surface area contributed by atoms with Gasteiger partial charge in [-0.1, -0.05) is 6.07 Å². The Balaban J connectivity index is 1.69. The number of carbonyl (C=O) groups excluding carboxylic acids is 2. The lowest BCUT2D eigenvalue weighted by Gasteiger charge is -2.40. The van der Waals surface area contributed by atoms with Crippen LogP contribution in [0.1, 0.15) is 56.1 Å². The first kappa shape index (κ1) is 19.7. The molecule has 8 heteroatoms. The number of rotatable bonds is 4. The molecule has 2 saturated heterocycles. The van der Waals surface area contributed by atoms with Gasteiger partial charge < -0.3 is 20.1 Å². The molecule has 0 aromatic carbocycles. The van der Waals surface area contributed by atoms with Gasteiger partial charge in [0.15, 0.2) is 0 Å². The molecule has 3 atom stereocenters. The lowest BCUT2D eigenvalue weighted by atomic mass is 9.84. The second kappa shape index (κ2) is 7.50. The van der Waals surface area contributed by atoms with Gasteiger partial charge in [0.1, 0.15) is 11.6 Å². The minimum absolute atomic E-state index is 0.0191. The Morgan fingerprint density at radius 3 is 2.37 bits per heavy atom. The molecule has 2 aliphatic rings. The van der Waals surface area contributed by atoms with Crippen LogP contribution in [-0.2, 0) is 9.53 Å². The summed E-state index contributed by atoms with van der Waals surface area (Å²) in [5.74, 6) is -1.26. The number of thiophene rings is 1. The lowest BCUT2D eigenvalue weighted by molar-refractivity contribution is -0.141. The Morgan fingerprint density at radius 2 is 1.89 bits per heavy atom. The highest BCUT2D eigenvalue weighted by Crippen LogP contribution is 2.41. The Morgan fingerprint density at radius 1 is 1.26 bits per heavy atom. The fourth-order valence-corrected chi connectivity index (χ4v) is 4.83. The number of amides is 2. The molecule has 2 unspecified atom stereocenters. The summed E-state index contributed by atoms with van der Waals surface area (Å²) in [7, 11) is 0. The minimum Gasteiger partial charge on any atom is -0.480 e. The van der Waals surface area contributed by atoms with Crippen LogP contribution >= 0.6 is 11.3 Å². The molecule has 2 bridgehead atoms. The van der Waals surface area contributed by atoms with Crippen LogP contribution < -0.4 is 5.32 Å². The molecule has 2 N–H and O–H groups in total. The van der Waals surface area contributed by atoms with Crippen molar-refractivity contribution in [3.63, 3.8) is 0 Å². The molecule has 0 saturated carbocycles. The van der Waals surface area contributed by atoms with E-state index in [4.69, 9.17) is 4.74 Å². The summed E-state index contributed by atoms with van der Waals surface area (Å²) in [5, 5.41) is 14.0. The third-order valence-corrected chi connectivity index (χ3v) is 6.00. The van der Waals surface area contributed by atoms with E-state index in [1.807, 2.05) is 22.4 Å². The number of carboxylic acid groups (broad SMARTS) is 1. The minimum atomic E-state index is -1.07. The predicted octanol–water partition coefficient (Wildman–Crippen LogP) is 3.11. The van der Waals surface area contributed by atoms with Crippen molar-refractivity contribution in [1.82, 2.24) is 10.2 Å². The van der Waals surface area contributed by atoms with Crippen LogP contribution in [0.5, 0.6) is 0 Å². The summed E-state index contributed by atoms with van der Waals surface area (Å²) in [5.41, 5.74) is -0.692. The van der Waals surface area contributed by atoms with Crippen molar-refractivity contribution < 1.29 is 24.2 Å². The molecule has 27 heavy (non-hydrogen) atoms. The van der Waals surface area contributed by atoms with Crippen molar-refractivity contribution >= 4 is 29.3 Å². The first-order chi connectivity index (χ1) is 12.7. The molecule has 0 spiro atoms. The van der Waals surface area contributed by atoms with Crippen molar-refractivity contribution in [3.8, 4) is 0 Å². The van der Waals surface area contributed by atoms with Gasteiger partial charge in [-0.05, 0) is 63.8 Å². The standard InChI is InChI=1S/C19H26N2O5S/c1-19(2,3)26-18(25)20-15(17(23)24)11-9-12-6-7-13(10-11)21(12)16(22)14-5-4-8-27-14/h4-5,8,11-13,15H,6-7,9-10H2,1-3H3,(H,20,25)(H,23,24)/t11?,12?,13?,15-/m0/s1. The second-order valence-electron chi connectivity index (χ2n) is 8.27. The largest absolute Gasteiger partial charge is 0.480 e. The van der Waals surface area contributed by atoms with Crippen molar-refractivity contribution in [2.24, 2.45) is 5.92 Å². The van der Waals surface area contributed by atoms with E-state index in [1.165, 1.54) is 11.3 Å². The smallest absolute Gasteiger partial charge is 0.408 e. The summed E-state index contributed by atoms with van der Waals surface area (Å²) in [6.07, 6.45) is 2.16. The fourth-order valence-electron chi connectivity index (χ4n) is 4.17. The zero-order valence-corrected chi connectivity index (χ0v) is 16.6. The summed E-state index contributed by atoms with van der Waals surface area (Å²) >= 11 is 1.42. The average Bonchev–Trinajstić information content (AvgIpc) is 3.17. The number of ether oxygens (including phenoxy) is 1. The number of aliphatic carboxylic acids is 1. The number of nitrogens with zero attached hydrogens (tertiary/aromatic N) is 1. The molecule has 1 aromatic rings. The second-order valence-corrected chi connectivity index (χ2v) is 9.22. The number of piperidine rings is 1. The summed E-state index contributed by atoms with van der Waals surface area (Å²) < 4.78 is 5.21. The number of carboxylic acids is 1. The molecule has 3 rings (SSSR count). The van der Waals surface area contributed by atoms with Gasteiger partial charge in [-0.2, -0.15) is 0 Å². The quantitative estimate of drug-likeness (QED) is 0.818. The van der Waals surface area contributed by atoms with E-state index in [-0.39, 0.29) is 23.9 Å². The van der Waals surface area contributed by atoms with E-state index in [0.29, 0.717) is 17.7 Å². The SMILES string of the molecule is CC(C)(C)OC(=O)N[C@H](C(=O)O)C1CC2CCC(C1)N2C(=O)c1cccs1. The van der Waals surface area contributed by atoms with Crippen molar-refractivity contribution in [3.05, 3.63) is 22.4 Å². The summed E-state index contributed by atoms with van der Waals surface area (Å²) in [6.45, 7) is 5.20. The van der Waals surface area contributed by atoms with Gasteiger partial charge in [-0.15, -0.1) is 11.3 Å². The van der Waals surface area contributed by atoms with Crippen LogP contribution in [0.2, 0.25) is 0 Å². The maximum Gasteiger partial charge on any atom is 0.408 e. The van der Waals surface area contributed by atoms with Gasteiger partial charge in [0.25, 0.3) is 5.91 Å². The first-order valence-corrected chi connectivity index (χ1v) is 10.1. The lowest BCUT2D eigenvalue weighted by Crippen LogP contribution is -2.54. The Hall–Kier alpha value is -2.09. The van der Waals surface area contributed by atoms with Crippen molar-refractivity contribution in [1.29, 1.82) is 0 Å². The maximum absolute atomic E-state index is 12.8. The van der Waals surface area contributed by atoms with Gasteiger partial charge >= 0.3 is 12.1 Å². The molecule has 2 amide bonds. The molecule has 1 aromatic heterocycles. The van der Waals surface area contributed by atoms with E-state index in [2.05, 4.69) is 5.32 Å². The number of carbonyl (C=O) groups is 3. The summed E-state index contributed by atoms with van der Waals surface area (Å²) in [6, 6.07) is 2.71. The highest BCUT2D eigenvalue weighted by Gasteiger charge is 2.47. The topological polar surface area (TPSA) is 95.9 Å². The number of hydrogen-bond donors (Lipinski definition) is 2. The molecular formula is C19H26N2O5S. The van der Waals surface area contributed by atoms with Crippen LogP contribution in [0.15, 0.2) is 17.5 Å². The fraction of sp³-hybridized carbons (Fsp3) is 0.632. The van der Waals surface area contributed by atoms with E-state index in [0.717, 1.165) is 12.8 Å². The van der Waals surface area contributed by atoms with Crippen molar-refractivity contribution in [2.75, 3.05) is 0 Å². The maximum atomic E-state index is 12.8. The van der Waals surface area contributed by atoms with Crippen molar-refractivity contribution in [2.45, 2.75) is 70.2 Å². The van der Waals surface area contributed by atoms with E-state index >= 15 is 0 Å². The monoisotopic (exact) mass is 394 g/mol. The van der Waals surface area contributed by atoms with Gasteiger partial charge in [0, 0.05) is 12.1 Å². The van der Waals surface area contributed by atoms with Crippen LogP contribution in [0, 0.1) is 5.92 Å². The van der Waals surface area contributed by atoms with Crippen LogP contribution in [-0.4, -0.2) is 51.7 Å². The molecule has 7 nitrogen and oxygen atoms in total. The highest BCUT2D eigenvalue weighted by molar-refractivity contribution is 7.12. The molecular weight excluding hydrogens is 368 g/mol. The van der Waals surface area contributed by atoms with Gasteiger partial charge in [-0.3, -0.25) is 4.79 Å². The van der Waals surface area contributed by atoms with Crippen LogP contribution in [0.4, 0.5) is 4.79 Å². The number of nitrogens with one attached hydrogen (secondary N) is 1. The third-order valence-electron chi connectivity index (χ3n) is 5.15. The van der Waals surface area contributed by atoms with E-state index in [9.17, 15) is 19.5 Å². The molecule has 148 valence electrons. The van der Waals surface area contributed by atoms with Gasteiger partial charge in [-0.25, -0.2) is 9.59 Å². The zero-order valence-electron chi connectivity index (χ0n) is 15.8. The molecule has 3 heterocycles. The van der Waals surface area contributed by atoms with Crippen LogP contribution in [0.25, 0.3) is 0 Å². The molecule has 2 fully saturated rings. The Kier molecular flexibility index (Phi) is 5.46. The normalized spacial score (nSPS) is 25.7. The molecule has 0 aliphatic carbocycles. The van der Waals surface area contributed by atoms with Gasteiger partial charge in [0.2, 0.25) is 0 Å². The average molecular weight is 394 g/mol. The molecule has 0 radical (unpaired) electrons. The summed E-state index contributed by atoms with van der Waals surface area (Å²) in [4.78, 5) is 39.3. The Labute approximate surface area is 162 Å². The first-order valence-electron chi connectivity index (χ1n) is 9.24. The van der Waals surface area contributed by atoms with E-state index in [1.54, 1.807) is 20.8 Å². The highest BCUT2D eigenvalue weighted by atomic mass is 32.1. The van der Waals surface area contributed by atoms with Crippen LogP contribution in [0.3, 0.4) is 0 Å². The zero-order chi connectivity index (χ0) is 19.8. The molecule has 2 aliphatic heterocycles. The number of alkyl carbamates (subject to hydrolysis) is 1. The van der Waals surface area contributed by atoms with Gasteiger partial charge in [0.05, 0.1) is 4.88 Å². The Bertz CT molecular complexity index is 698. The van der Waals surface area contributed by atoms with E-state index < -0.39 is 23.7 Å². The third kappa shape index (κ3) is 4.43.